The highest BCUT2D eigenvalue weighted by Crippen LogP contribution is 2.38. The molecule has 2 atom stereocenters. The molecule has 0 bridgehead atoms. The van der Waals surface area contributed by atoms with Gasteiger partial charge in [-0.3, -0.25) is 14.5 Å². The Labute approximate surface area is 137 Å². The van der Waals surface area contributed by atoms with Gasteiger partial charge in [-0.05, 0) is 32.6 Å². The van der Waals surface area contributed by atoms with E-state index in [-0.39, 0.29) is 24.3 Å². The number of likely N-dealkylation sites (N-methyl/N-ethyl adjacent to an activating group) is 1. The molecule has 2 rings (SSSR count). The van der Waals surface area contributed by atoms with E-state index in [2.05, 4.69) is 11.9 Å². The maximum absolute atomic E-state index is 12.8. The minimum absolute atomic E-state index is 0.102. The van der Waals surface area contributed by atoms with Crippen LogP contribution < -0.4 is 5.32 Å². The largest absolute Gasteiger partial charge is 0.337 e. The molecule has 1 heterocycles. The average molecular weight is 321 g/mol. The third kappa shape index (κ3) is 3.26. The van der Waals surface area contributed by atoms with Gasteiger partial charge in [0.2, 0.25) is 5.91 Å². The molecule has 0 aromatic rings. The minimum atomic E-state index is -0.805. The lowest BCUT2D eigenvalue weighted by Crippen LogP contribution is -2.54. The van der Waals surface area contributed by atoms with Crippen LogP contribution in [0.1, 0.15) is 46.5 Å². The van der Waals surface area contributed by atoms with E-state index in [4.69, 9.17) is 0 Å². The van der Waals surface area contributed by atoms with Gasteiger partial charge in [0.25, 0.3) is 5.91 Å². The number of carbonyl (C=O) groups excluding carboxylic acids is 3. The van der Waals surface area contributed by atoms with Gasteiger partial charge < -0.3 is 10.2 Å². The molecule has 1 aliphatic carbocycles. The molecule has 1 aliphatic heterocycles. The van der Waals surface area contributed by atoms with E-state index >= 15 is 0 Å². The predicted molar refractivity (Wildman–Crippen MR) is 87.7 cm³/mol. The number of imide groups is 1. The summed E-state index contributed by atoms with van der Waals surface area (Å²) in [7, 11) is 0. The Bertz CT molecular complexity index is 531. The maximum Gasteiger partial charge on any atom is 0.325 e. The molecule has 6 heteroatoms. The van der Waals surface area contributed by atoms with Crippen LogP contribution in [-0.2, 0) is 9.59 Å². The first-order chi connectivity index (χ1) is 10.8. The molecule has 1 saturated heterocycles. The van der Waals surface area contributed by atoms with Gasteiger partial charge in [-0.1, -0.05) is 31.9 Å². The van der Waals surface area contributed by atoms with Crippen molar-refractivity contribution >= 4 is 17.8 Å². The second-order valence-corrected chi connectivity index (χ2v) is 6.80. The van der Waals surface area contributed by atoms with Crippen LogP contribution in [0.3, 0.4) is 0 Å². The number of rotatable bonds is 5. The van der Waals surface area contributed by atoms with E-state index in [0.29, 0.717) is 19.5 Å². The number of nitrogens with zero attached hydrogens (tertiary/aromatic N) is 2. The Morgan fingerprint density at radius 1 is 1.43 bits per heavy atom. The zero-order valence-corrected chi connectivity index (χ0v) is 14.4. The molecular weight excluding hydrogens is 294 g/mol. The van der Waals surface area contributed by atoms with Gasteiger partial charge in [-0.2, -0.15) is 0 Å². The Kier molecular flexibility index (Phi) is 5.12. The summed E-state index contributed by atoms with van der Waals surface area (Å²) in [6, 6.07) is -0.441. The number of hydrogen-bond donors (Lipinski definition) is 1. The quantitative estimate of drug-likeness (QED) is 0.621. The van der Waals surface area contributed by atoms with E-state index in [1.807, 2.05) is 20.8 Å². The summed E-state index contributed by atoms with van der Waals surface area (Å²) in [6.07, 6.45) is 3.58. The summed E-state index contributed by atoms with van der Waals surface area (Å²) in [5, 5.41) is 2.87. The molecule has 0 aromatic carbocycles. The fourth-order valence-electron chi connectivity index (χ4n) is 3.58. The van der Waals surface area contributed by atoms with Crippen molar-refractivity contribution in [3.63, 3.8) is 0 Å². The zero-order valence-electron chi connectivity index (χ0n) is 14.4. The standard InChI is InChI=1S/C17H27N3O3/c1-5-19(10-12(2)3)14(21)11-20-15(22)17(18-16(20)23)9-7-6-8-13(17)4/h13H,2,5-11H2,1,3-4H3,(H,18,23)/t13-,17+/m1/s1. The minimum Gasteiger partial charge on any atom is -0.337 e. The van der Waals surface area contributed by atoms with Crippen LogP contribution in [-0.4, -0.2) is 52.8 Å². The topological polar surface area (TPSA) is 69.7 Å². The number of urea groups is 1. The van der Waals surface area contributed by atoms with Gasteiger partial charge >= 0.3 is 6.03 Å². The number of hydrogen-bond acceptors (Lipinski definition) is 3. The lowest BCUT2D eigenvalue weighted by Gasteiger charge is -2.36. The van der Waals surface area contributed by atoms with Crippen molar-refractivity contribution in [2.75, 3.05) is 19.6 Å². The number of carbonyl (C=O) groups is 3. The summed E-state index contributed by atoms with van der Waals surface area (Å²) in [5.41, 5.74) is 0.0656. The molecule has 23 heavy (non-hydrogen) atoms. The van der Waals surface area contributed by atoms with Crippen LogP contribution >= 0.6 is 0 Å². The lowest BCUT2D eigenvalue weighted by molar-refractivity contribution is -0.140. The molecule has 0 unspecified atom stereocenters. The van der Waals surface area contributed by atoms with Gasteiger partial charge in [-0.15, -0.1) is 0 Å². The average Bonchev–Trinajstić information content (AvgIpc) is 2.73. The van der Waals surface area contributed by atoms with Gasteiger partial charge in [0.1, 0.15) is 12.1 Å². The molecule has 2 aliphatic rings. The molecule has 6 nitrogen and oxygen atoms in total. The van der Waals surface area contributed by atoms with Gasteiger partial charge in [0.05, 0.1) is 0 Å². The first-order valence-electron chi connectivity index (χ1n) is 8.38. The summed E-state index contributed by atoms with van der Waals surface area (Å²) in [5.74, 6) is -0.362. The van der Waals surface area contributed by atoms with Gasteiger partial charge in [0, 0.05) is 13.1 Å². The van der Waals surface area contributed by atoms with Crippen molar-refractivity contribution < 1.29 is 14.4 Å². The third-order valence-electron chi connectivity index (χ3n) is 4.99. The predicted octanol–water partition coefficient (Wildman–Crippen LogP) is 1.91. The molecule has 1 saturated carbocycles. The number of amides is 4. The van der Waals surface area contributed by atoms with E-state index in [1.54, 1.807) is 4.90 Å². The van der Waals surface area contributed by atoms with Crippen LogP contribution in [0, 0.1) is 5.92 Å². The van der Waals surface area contributed by atoms with Crippen LogP contribution in [0.25, 0.3) is 0 Å². The molecule has 0 radical (unpaired) electrons. The van der Waals surface area contributed by atoms with Crippen molar-refractivity contribution in [1.82, 2.24) is 15.1 Å². The second-order valence-electron chi connectivity index (χ2n) is 6.80. The van der Waals surface area contributed by atoms with Crippen molar-refractivity contribution in [1.29, 1.82) is 0 Å². The monoisotopic (exact) mass is 321 g/mol. The summed E-state index contributed by atoms with van der Waals surface area (Å²) in [4.78, 5) is 40.2. The van der Waals surface area contributed by atoms with Crippen molar-refractivity contribution in [2.24, 2.45) is 5.92 Å². The molecule has 4 amide bonds. The summed E-state index contributed by atoms with van der Waals surface area (Å²) < 4.78 is 0. The van der Waals surface area contributed by atoms with Gasteiger partial charge in [0.15, 0.2) is 0 Å². The van der Waals surface area contributed by atoms with Crippen LogP contribution in [0.2, 0.25) is 0 Å². The van der Waals surface area contributed by atoms with Crippen LogP contribution in [0.5, 0.6) is 0 Å². The molecule has 1 N–H and O–H groups in total. The highest BCUT2D eigenvalue weighted by molar-refractivity contribution is 6.09. The fourth-order valence-corrected chi connectivity index (χ4v) is 3.58. The third-order valence-corrected chi connectivity index (χ3v) is 4.99. The maximum atomic E-state index is 12.8. The highest BCUT2D eigenvalue weighted by Gasteiger charge is 2.55. The first kappa shape index (κ1) is 17.5. The molecule has 0 aromatic heterocycles. The lowest BCUT2D eigenvalue weighted by atomic mass is 9.73. The molecular formula is C17H27N3O3. The smallest absolute Gasteiger partial charge is 0.325 e. The number of nitrogens with one attached hydrogen (secondary N) is 1. The fraction of sp³-hybridized carbons (Fsp3) is 0.706. The van der Waals surface area contributed by atoms with E-state index in [1.165, 1.54) is 0 Å². The molecule has 2 fully saturated rings. The normalized spacial score (nSPS) is 27.3. The summed E-state index contributed by atoms with van der Waals surface area (Å²) >= 11 is 0. The van der Waals surface area contributed by atoms with E-state index in [9.17, 15) is 14.4 Å². The summed E-state index contributed by atoms with van der Waals surface area (Å²) in [6.45, 7) is 10.3. The second kappa shape index (κ2) is 6.72. The van der Waals surface area contributed by atoms with Crippen LogP contribution in [0.4, 0.5) is 4.79 Å². The van der Waals surface area contributed by atoms with E-state index < -0.39 is 11.6 Å². The Morgan fingerprint density at radius 3 is 2.70 bits per heavy atom. The Balaban J connectivity index is 2.11. The Morgan fingerprint density at radius 2 is 2.13 bits per heavy atom. The highest BCUT2D eigenvalue weighted by atomic mass is 16.2. The van der Waals surface area contributed by atoms with Crippen molar-refractivity contribution in [3.05, 3.63) is 12.2 Å². The SMILES string of the molecule is C=C(C)CN(CC)C(=O)CN1C(=O)N[C@]2(CCCC[C@H]2C)C1=O. The van der Waals surface area contributed by atoms with E-state index in [0.717, 1.165) is 29.7 Å². The molecule has 1 spiro atoms. The molecule has 128 valence electrons. The van der Waals surface area contributed by atoms with Gasteiger partial charge in [-0.25, -0.2) is 4.79 Å². The zero-order chi connectivity index (χ0) is 17.2. The van der Waals surface area contributed by atoms with Crippen molar-refractivity contribution in [3.8, 4) is 0 Å². The Hall–Kier alpha value is -1.85. The van der Waals surface area contributed by atoms with Crippen molar-refractivity contribution in [2.45, 2.75) is 52.0 Å². The van der Waals surface area contributed by atoms with Crippen LogP contribution in [0.15, 0.2) is 12.2 Å². The first-order valence-corrected chi connectivity index (χ1v) is 8.38.